The normalized spacial score (nSPS) is 20.9. The van der Waals surface area contributed by atoms with Crippen LogP contribution in [0.1, 0.15) is 68.6 Å². The predicted molar refractivity (Wildman–Crippen MR) is 130 cm³/mol. The molecule has 2 aromatic carbocycles. The van der Waals surface area contributed by atoms with Crippen molar-refractivity contribution >= 4 is 13.6 Å². The second-order valence-electron chi connectivity index (χ2n) is 8.74. The van der Waals surface area contributed by atoms with Gasteiger partial charge in [-0.05, 0) is 47.1 Å². The van der Waals surface area contributed by atoms with Crippen molar-refractivity contribution in [3.05, 3.63) is 71.3 Å². The van der Waals surface area contributed by atoms with Crippen molar-refractivity contribution in [1.29, 1.82) is 0 Å². The molecule has 0 saturated carbocycles. The molecule has 1 heterocycles. The highest BCUT2D eigenvalue weighted by molar-refractivity contribution is 7.58. The Morgan fingerprint density at radius 3 is 2.38 bits per heavy atom. The molecule has 2 unspecified atom stereocenters. The third-order valence-electron chi connectivity index (χ3n) is 6.49. The van der Waals surface area contributed by atoms with Crippen molar-refractivity contribution in [2.75, 3.05) is 6.54 Å². The van der Waals surface area contributed by atoms with Gasteiger partial charge in [0, 0.05) is 12.6 Å². The molecule has 0 spiro atoms. The van der Waals surface area contributed by atoms with Gasteiger partial charge < -0.3 is 5.32 Å². The lowest BCUT2D eigenvalue weighted by molar-refractivity contribution is -0.118. The van der Waals surface area contributed by atoms with Crippen LogP contribution in [-0.4, -0.2) is 23.0 Å². The molecular formula is C26H36N2O3P+. The first-order valence-corrected chi connectivity index (χ1v) is 13.1. The molecule has 0 radical (unpaired) electrons. The van der Waals surface area contributed by atoms with Crippen LogP contribution in [0.2, 0.25) is 0 Å². The van der Waals surface area contributed by atoms with Crippen LogP contribution >= 0.6 is 8.03 Å². The molecule has 3 rings (SSSR count). The molecule has 1 fully saturated rings. The molecule has 0 aliphatic carbocycles. The minimum absolute atomic E-state index is 0.258. The third kappa shape index (κ3) is 6.11. The number of unbranched alkanes of at least 4 members (excludes halogenated alkanes) is 5. The van der Waals surface area contributed by atoms with E-state index in [0.717, 1.165) is 17.5 Å². The summed E-state index contributed by atoms with van der Waals surface area (Å²) in [6.07, 6.45) is 9.63. The van der Waals surface area contributed by atoms with E-state index in [0.29, 0.717) is 19.5 Å². The summed E-state index contributed by atoms with van der Waals surface area (Å²) in [6.45, 7) is 3.46. The van der Waals surface area contributed by atoms with E-state index in [1.165, 1.54) is 44.1 Å². The minimum Gasteiger partial charge on any atom is -0.307 e. The standard InChI is InChI=1S/C26H35N2O3P/c1-2-3-4-5-6-8-11-21-14-16-22(17-15-21)20-27-24-18-19-28-26(24,25(29)32(30)31)23-12-9-7-10-13-23/h7,9-10,12-17,24,27-28H,2-6,8,11,18-20H2,1H3/p+1/t24?,26-/m0/s1. The lowest BCUT2D eigenvalue weighted by Crippen LogP contribution is -2.55. The van der Waals surface area contributed by atoms with E-state index >= 15 is 0 Å². The van der Waals surface area contributed by atoms with E-state index in [4.69, 9.17) is 0 Å². The first-order chi connectivity index (χ1) is 15.6. The zero-order chi connectivity index (χ0) is 22.8. The van der Waals surface area contributed by atoms with Gasteiger partial charge in [-0.15, -0.1) is 0 Å². The average molecular weight is 456 g/mol. The molecule has 2 aromatic rings. The van der Waals surface area contributed by atoms with E-state index in [1.54, 1.807) is 0 Å². The van der Waals surface area contributed by atoms with Crippen LogP contribution in [0.4, 0.5) is 0 Å². The lowest BCUT2D eigenvalue weighted by Gasteiger charge is -2.30. The molecular weight excluding hydrogens is 419 g/mol. The van der Waals surface area contributed by atoms with Crippen LogP contribution in [0.25, 0.3) is 0 Å². The van der Waals surface area contributed by atoms with E-state index < -0.39 is 19.1 Å². The fraction of sp³-hybridized carbons (Fsp3) is 0.500. The van der Waals surface area contributed by atoms with Crippen molar-refractivity contribution in [2.24, 2.45) is 0 Å². The molecule has 0 aromatic heterocycles. The molecule has 32 heavy (non-hydrogen) atoms. The summed E-state index contributed by atoms with van der Waals surface area (Å²) in [6, 6.07) is 17.7. The second-order valence-corrected chi connectivity index (χ2v) is 9.69. The Morgan fingerprint density at radius 1 is 1.03 bits per heavy atom. The quantitative estimate of drug-likeness (QED) is 0.286. The zero-order valence-electron chi connectivity index (χ0n) is 19.1. The maximum absolute atomic E-state index is 12.9. The van der Waals surface area contributed by atoms with E-state index in [9.17, 15) is 14.3 Å². The average Bonchev–Trinajstić information content (AvgIpc) is 3.25. The highest BCUT2D eigenvalue weighted by Crippen LogP contribution is 2.39. The van der Waals surface area contributed by atoms with Crippen molar-refractivity contribution in [2.45, 2.75) is 76.4 Å². The molecule has 6 heteroatoms. The van der Waals surface area contributed by atoms with E-state index in [2.05, 4.69) is 41.8 Å². The third-order valence-corrected chi connectivity index (χ3v) is 7.19. The molecule has 1 aliphatic heterocycles. The van der Waals surface area contributed by atoms with Gasteiger partial charge in [0.05, 0.1) is 0 Å². The van der Waals surface area contributed by atoms with E-state index in [1.807, 2.05) is 30.3 Å². The number of aryl methyl sites for hydroxylation is 1. The maximum Gasteiger partial charge on any atom is 0.587 e. The van der Waals surface area contributed by atoms with Crippen LogP contribution in [0.15, 0.2) is 54.6 Å². The van der Waals surface area contributed by atoms with Crippen molar-refractivity contribution in [3.8, 4) is 0 Å². The molecule has 1 saturated heterocycles. The van der Waals surface area contributed by atoms with Crippen molar-refractivity contribution in [3.63, 3.8) is 0 Å². The fourth-order valence-electron chi connectivity index (χ4n) is 4.69. The molecule has 172 valence electrons. The van der Waals surface area contributed by atoms with Gasteiger partial charge in [-0.2, -0.15) is 4.89 Å². The van der Waals surface area contributed by atoms with Gasteiger partial charge in [0.15, 0.2) is 5.54 Å². The van der Waals surface area contributed by atoms with Gasteiger partial charge in [0.25, 0.3) is 0 Å². The monoisotopic (exact) mass is 455 g/mol. The fourth-order valence-corrected chi connectivity index (χ4v) is 5.35. The topological polar surface area (TPSA) is 78.4 Å². The smallest absolute Gasteiger partial charge is 0.307 e. The summed E-state index contributed by atoms with van der Waals surface area (Å²) in [5, 5.41) is 6.74. The highest BCUT2D eigenvalue weighted by Gasteiger charge is 2.58. The zero-order valence-corrected chi connectivity index (χ0v) is 19.9. The Hall–Kier alpha value is -1.91. The van der Waals surface area contributed by atoms with Gasteiger partial charge in [0.1, 0.15) is 0 Å². The van der Waals surface area contributed by atoms with Crippen molar-refractivity contribution in [1.82, 2.24) is 10.6 Å². The summed E-state index contributed by atoms with van der Waals surface area (Å²) in [5.41, 5.74) is 1.39. The maximum atomic E-state index is 12.9. The highest BCUT2D eigenvalue weighted by atomic mass is 31.1. The first-order valence-electron chi connectivity index (χ1n) is 11.9. The summed E-state index contributed by atoms with van der Waals surface area (Å²) < 4.78 is 11.8. The number of nitrogens with one attached hydrogen (secondary N) is 2. The molecule has 0 amide bonds. The van der Waals surface area contributed by atoms with Gasteiger partial charge in [-0.1, -0.05) is 93.6 Å². The predicted octanol–water partition coefficient (Wildman–Crippen LogP) is 5.20. The first kappa shape index (κ1) is 24.7. The number of rotatable bonds is 13. The number of hydrogen-bond acceptors (Lipinski definition) is 4. The number of hydrogen-bond donors (Lipinski definition) is 3. The minimum atomic E-state index is -2.94. The summed E-state index contributed by atoms with van der Waals surface area (Å²) in [7, 11) is -2.94. The lowest BCUT2D eigenvalue weighted by atomic mass is 9.85. The molecule has 0 bridgehead atoms. The summed E-state index contributed by atoms with van der Waals surface area (Å²) in [4.78, 5) is 22.5. The largest absolute Gasteiger partial charge is 0.587 e. The Kier molecular flexibility index (Phi) is 9.55. The molecule has 5 nitrogen and oxygen atoms in total. The van der Waals surface area contributed by atoms with E-state index in [-0.39, 0.29) is 6.04 Å². The van der Waals surface area contributed by atoms with Gasteiger partial charge in [-0.3, -0.25) is 5.32 Å². The van der Waals surface area contributed by atoms with Crippen LogP contribution in [0, 0.1) is 0 Å². The second kappa shape index (κ2) is 12.4. The van der Waals surface area contributed by atoms with Gasteiger partial charge in [-0.25, -0.2) is 4.79 Å². The SMILES string of the molecule is CCCCCCCCc1ccc(CNC2CCN[C@@]2(C(=O)[P+](=O)O)c2ccccc2)cc1. The Morgan fingerprint density at radius 2 is 1.69 bits per heavy atom. The Balaban J connectivity index is 1.60. The van der Waals surface area contributed by atoms with Crippen molar-refractivity contribution < 1.29 is 14.3 Å². The Labute approximate surface area is 192 Å². The number of benzene rings is 2. The van der Waals surface area contributed by atoms with Gasteiger partial charge >= 0.3 is 13.6 Å². The van der Waals surface area contributed by atoms with Gasteiger partial charge in [0.2, 0.25) is 0 Å². The summed E-state index contributed by atoms with van der Waals surface area (Å²) in [5.74, 6) is 0. The number of carbonyl (C=O) groups excluding carboxylic acids is 1. The Bertz CT molecular complexity index is 872. The van der Waals surface area contributed by atoms with Crippen LogP contribution in [0.5, 0.6) is 0 Å². The summed E-state index contributed by atoms with van der Waals surface area (Å²) >= 11 is 0. The molecule has 3 atom stereocenters. The number of carbonyl (C=O) groups is 1. The molecule has 3 N–H and O–H groups in total. The molecule has 1 aliphatic rings. The van der Waals surface area contributed by atoms with Crippen LogP contribution in [0.3, 0.4) is 0 Å². The van der Waals surface area contributed by atoms with Crippen LogP contribution < -0.4 is 10.6 Å². The van der Waals surface area contributed by atoms with Crippen LogP contribution in [-0.2, 0) is 27.9 Å².